The maximum Gasteiger partial charge on any atom is 0.282 e. The van der Waals surface area contributed by atoms with Gasteiger partial charge in [0.1, 0.15) is 10.5 Å². The topological polar surface area (TPSA) is 193 Å². The zero-order valence-corrected chi connectivity index (χ0v) is 31.6. The van der Waals surface area contributed by atoms with E-state index >= 15 is 0 Å². The summed E-state index contributed by atoms with van der Waals surface area (Å²) in [5.41, 5.74) is 3.02. The number of piperidine rings is 2. The highest BCUT2D eigenvalue weighted by molar-refractivity contribution is 9.10. The predicted octanol–water partition coefficient (Wildman–Crippen LogP) is 1.72. The van der Waals surface area contributed by atoms with Crippen LogP contribution >= 0.6 is 15.9 Å². The van der Waals surface area contributed by atoms with E-state index in [1.807, 2.05) is 24.3 Å². The lowest BCUT2D eigenvalue weighted by molar-refractivity contribution is -0.136. The van der Waals surface area contributed by atoms with E-state index in [2.05, 4.69) is 54.2 Å². The van der Waals surface area contributed by atoms with Gasteiger partial charge in [0.2, 0.25) is 11.8 Å². The number of imide groups is 2. The fourth-order valence-electron chi connectivity index (χ4n) is 6.98. The van der Waals surface area contributed by atoms with Crippen LogP contribution in [0.4, 0.5) is 11.4 Å². The van der Waals surface area contributed by atoms with Gasteiger partial charge in [0.25, 0.3) is 23.3 Å². The van der Waals surface area contributed by atoms with Gasteiger partial charge >= 0.3 is 0 Å². The Kier molecular flexibility index (Phi) is 12.5. The van der Waals surface area contributed by atoms with E-state index in [1.165, 1.54) is 4.68 Å². The molecular formula is C37H43BrN8O8. The Balaban J connectivity index is 0.865. The molecule has 0 spiro atoms. The molecule has 3 atom stereocenters. The number of rotatable bonds is 15. The zero-order valence-electron chi connectivity index (χ0n) is 30.1. The lowest BCUT2D eigenvalue weighted by atomic mass is 9.87. The fraction of sp³-hybridized carbons (Fsp3) is 0.432. The van der Waals surface area contributed by atoms with Crippen LogP contribution in [0.15, 0.2) is 57.9 Å². The van der Waals surface area contributed by atoms with Crippen molar-refractivity contribution < 1.29 is 33.4 Å². The summed E-state index contributed by atoms with van der Waals surface area (Å²) >= 11 is 3.39. The quantitative estimate of drug-likeness (QED) is 0.129. The molecule has 2 aromatic carbocycles. The van der Waals surface area contributed by atoms with E-state index in [0.29, 0.717) is 60.9 Å². The van der Waals surface area contributed by atoms with Crippen molar-refractivity contribution in [3.63, 3.8) is 0 Å². The second-order valence-corrected chi connectivity index (χ2v) is 14.3. The highest BCUT2D eigenvalue weighted by Gasteiger charge is 2.45. The third kappa shape index (κ3) is 8.86. The second-order valence-electron chi connectivity index (χ2n) is 13.5. The number of hydrogen-bond donors (Lipinski definition) is 4. The second kappa shape index (κ2) is 17.4. The van der Waals surface area contributed by atoms with Crippen LogP contribution in [0.25, 0.3) is 0 Å². The third-order valence-corrected chi connectivity index (χ3v) is 10.4. The standard InChI is InChI=1S/C37H43BrN8O8/c1-44-20-24(18-25(21-44)42-28-19-41-45(2)37(52)32(28)38)22-6-8-23(9-7-22)33(48)40-13-15-54-17-16-53-14-12-39-27-5-3-4-26-31(27)36(51)46(35(26)50)29-10-11-30(47)43-34(29)49/h3-9,19,24-25,29,39,42H,10-18,20-21H2,1-2H3,(H,40,48)(H,43,47,49)/t24-,25+,29?/m0/s1. The number of likely N-dealkylation sites (tertiary alicyclic amines) is 1. The van der Waals surface area contributed by atoms with Crippen molar-refractivity contribution in [3.8, 4) is 0 Å². The van der Waals surface area contributed by atoms with Crippen molar-refractivity contribution in [1.29, 1.82) is 0 Å². The molecule has 17 heteroatoms. The van der Waals surface area contributed by atoms with Crippen molar-refractivity contribution in [2.24, 2.45) is 7.05 Å². The molecular weight excluding hydrogens is 764 g/mol. The number of benzene rings is 2. The Bertz CT molecular complexity index is 1970. The molecule has 0 bridgehead atoms. The number of halogens is 1. The zero-order chi connectivity index (χ0) is 38.4. The minimum atomic E-state index is -1.03. The molecule has 6 rings (SSSR count). The SMILES string of the molecule is CN1C[C@H](Nc2cnn(C)c(=O)c2Br)C[C@H](c2ccc(C(=O)NCCOCCOCCNc3cccc4c3C(=O)N(C3CCC(=O)NC3=O)C4=O)cc2)C1. The number of hydrogen-bond acceptors (Lipinski definition) is 12. The van der Waals surface area contributed by atoms with Crippen molar-refractivity contribution in [2.75, 3.05) is 70.3 Å². The largest absolute Gasteiger partial charge is 0.382 e. The first kappa shape index (κ1) is 38.7. The van der Waals surface area contributed by atoms with Gasteiger partial charge in [-0.3, -0.25) is 39.0 Å². The van der Waals surface area contributed by atoms with Gasteiger partial charge < -0.3 is 30.3 Å². The molecule has 1 aromatic heterocycles. The number of nitrogens with zero attached hydrogens (tertiary/aromatic N) is 4. The monoisotopic (exact) mass is 806 g/mol. The smallest absolute Gasteiger partial charge is 0.282 e. The van der Waals surface area contributed by atoms with Gasteiger partial charge in [0.05, 0.1) is 49.4 Å². The van der Waals surface area contributed by atoms with E-state index in [9.17, 15) is 28.8 Å². The minimum absolute atomic E-state index is 0.0543. The van der Waals surface area contributed by atoms with Gasteiger partial charge in [-0.25, -0.2) is 4.68 Å². The number of aromatic nitrogens is 2. The molecule has 0 aliphatic carbocycles. The molecule has 54 heavy (non-hydrogen) atoms. The molecule has 0 radical (unpaired) electrons. The third-order valence-electron chi connectivity index (χ3n) is 9.65. The van der Waals surface area contributed by atoms with E-state index in [1.54, 1.807) is 31.4 Å². The molecule has 0 saturated carbocycles. The number of anilines is 2. The summed E-state index contributed by atoms with van der Waals surface area (Å²) in [5.74, 6) is -2.16. The minimum Gasteiger partial charge on any atom is -0.382 e. The van der Waals surface area contributed by atoms with Crippen molar-refractivity contribution in [2.45, 2.75) is 37.3 Å². The number of nitrogens with one attached hydrogen (secondary N) is 4. The van der Waals surface area contributed by atoms with Crippen LogP contribution in [-0.4, -0.2) is 121 Å². The van der Waals surface area contributed by atoms with Crippen molar-refractivity contribution >= 4 is 56.8 Å². The van der Waals surface area contributed by atoms with Gasteiger partial charge in [0.15, 0.2) is 0 Å². The Labute approximate surface area is 320 Å². The van der Waals surface area contributed by atoms with E-state index in [-0.39, 0.29) is 47.4 Å². The molecule has 3 aromatic rings. The van der Waals surface area contributed by atoms with Gasteiger partial charge in [-0.05, 0) is 71.6 Å². The normalized spacial score (nSPS) is 20.1. The maximum absolute atomic E-state index is 13.2. The number of fused-ring (bicyclic) bond motifs is 1. The summed E-state index contributed by atoms with van der Waals surface area (Å²) in [6.45, 7) is 3.63. The molecule has 4 heterocycles. The van der Waals surface area contributed by atoms with Gasteiger partial charge in [-0.1, -0.05) is 18.2 Å². The Hall–Kier alpha value is -4.97. The fourth-order valence-corrected chi connectivity index (χ4v) is 7.46. The average molecular weight is 808 g/mol. The van der Waals surface area contributed by atoms with Crippen molar-refractivity contribution in [3.05, 3.63) is 85.7 Å². The van der Waals surface area contributed by atoms with E-state index in [4.69, 9.17) is 9.47 Å². The van der Waals surface area contributed by atoms with Gasteiger partial charge in [-0.15, -0.1) is 0 Å². The molecule has 2 saturated heterocycles. The van der Waals surface area contributed by atoms with Crippen LogP contribution in [-0.2, 0) is 26.1 Å². The molecule has 1 unspecified atom stereocenters. The summed E-state index contributed by atoms with van der Waals surface area (Å²) in [4.78, 5) is 78.3. The molecule has 16 nitrogen and oxygen atoms in total. The number of carbonyl (C=O) groups is 5. The van der Waals surface area contributed by atoms with Crippen LogP contribution < -0.4 is 26.8 Å². The summed E-state index contributed by atoms with van der Waals surface area (Å²) < 4.78 is 13.0. The van der Waals surface area contributed by atoms with Crippen LogP contribution in [0.5, 0.6) is 0 Å². The van der Waals surface area contributed by atoms with Gasteiger partial charge in [0, 0.05) is 56.9 Å². The molecule has 286 valence electrons. The van der Waals surface area contributed by atoms with Crippen LogP contribution in [0.3, 0.4) is 0 Å². The number of ether oxygens (including phenoxy) is 2. The predicted molar refractivity (Wildman–Crippen MR) is 201 cm³/mol. The molecule has 3 aliphatic rings. The first-order chi connectivity index (χ1) is 26.0. The maximum atomic E-state index is 13.2. The van der Waals surface area contributed by atoms with Crippen LogP contribution in [0, 0.1) is 0 Å². The first-order valence-electron chi connectivity index (χ1n) is 17.8. The van der Waals surface area contributed by atoms with E-state index in [0.717, 1.165) is 30.0 Å². The number of carbonyl (C=O) groups excluding carboxylic acids is 5. The lowest BCUT2D eigenvalue weighted by Gasteiger charge is -2.37. The summed E-state index contributed by atoms with van der Waals surface area (Å²) in [5, 5.41) is 15.8. The Morgan fingerprint density at radius 1 is 0.926 bits per heavy atom. The lowest BCUT2D eigenvalue weighted by Crippen LogP contribution is -2.54. The Morgan fingerprint density at radius 3 is 2.41 bits per heavy atom. The highest BCUT2D eigenvalue weighted by atomic mass is 79.9. The van der Waals surface area contributed by atoms with Crippen LogP contribution in [0.2, 0.25) is 0 Å². The summed E-state index contributed by atoms with van der Waals surface area (Å²) in [7, 11) is 3.68. The van der Waals surface area contributed by atoms with Crippen LogP contribution in [0.1, 0.15) is 61.8 Å². The molecule has 2 fully saturated rings. The number of likely N-dealkylation sites (N-methyl/N-ethyl adjacent to an activating group) is 1. The molecule has 3 aliphatic heterocycles. The summed E-state index contributed by atoms with van der Waals surface area (Å²) in [6.07, 6.45) is 2.66. The number of aryl methyl sites for hydroxylation is 1. The first-order valence-corrected chi connectivity index (χ1v) is 18.6. The summed E-state index contributed by atoms with van der Waals surface area (Å²) in [6, 6.07) is 11.6. The number of amides is 5. The Morgan fingerprint density at radius 2 is 1.67 bits per heavy atom. The molecule has 4 N–H and O–H groups in total. The van der Waals surface area contributed by atoms with E-state index < -0.39 is 29.7 Å². The molecule has 5 amide bonds. The van der Waals surface area contributed by atoms with Crippen molar-refractivity contribution in [1.82, 2.24) is 30.2 Å². The highest BCUT2D eigenvalue weighted by Crippen LogP contribution is 2.33. The van der Waals surface area contributed by atoms with Gasteiger partial charge in [-0.2, -0.15) is 5.10 Å². The average Bonchev–Trinajstić information content (AvgIpc) is 3.41.